The lowest BCUT2D eigenvalue weighted by atomic mass is 10.1. The van der Waals surface area contributed by atoms with E-state index >= 15 is 0 Å². The summed E-state index contributed by atoms with van der Waals surface area (Å²) >= 11 is 0. The monoisotopic (exact) mass is 287 g/mol. The summed E-state index contributed by atoms with van der Waals surface area (Å²) in [6.07, 6.45) is 1.89. The largest absolute Gasteiger partial charge is 0.493 e. The third-order valence-corrected chi connectivity index (χ3v) is 2.79. The number of pyridine rings is 1. The Morgan fingerprint density at radius 1 is 1.38 bits per heavy atom. The van der Waals surface area contributed by atoms with Gasteiger partial charge in [-0.2, -0.15) is 0 Å². The Labute approximate surface area is 120 Å². The number of anilines is 1. The van der Waals surface area contributed by atoms with Gasteiger partial charge in [-0.3, -0.25) is 25.8 Å². The van der Waals surface area contributed by atoms with Gasteiger partial charge in [0.1, 0.15) is 11.6 Å². The summed E-state index contributed by atoms with van der Waals surface area (Å²) < 4.78 is 5.49. The lowest BCUT2D eigenvalue weighted by Gasteiger charge is -2.14. The van der Waals surface area contributed by atoms with Crippen LogP contribution in [0.25, 0.3) is 10.9 Å². The number of fused-ring (bicyclic) bond motifs is 1. The minimum absolute atomic E-state index is 0.0473. The van der Waals surface area contributed by atoms with Crippen LogP contribution in [0.5, 0.6) is 5.75 Å². The maximum absolute atomic E-state index is 10.9. The van der Waals surface area contributed by atoms with E-state index in [1.165, 1.54) is 23.1 Å². The number of nitrogens with one attached hydrogen (secondary N) is 2. The number of nitro benzene ring substituents is 1. The second kappa shape index (κ2) is 5.95. The molecule has 1 aromatic heterocycles. The number of nitro groups is 1. The molecule has 0 amide bonds. The van der Waals surface area contributed by atoms with Gasteiger partial charge in [-0.25, -0.2) is 4.98 Å². The van der Waals surface area contributed by atoms with E-state index in [0.29, 0.717) is 29.1 Å². The van der Waals surface area contributed by atoms with Crippen LogP contribution in [0.3, 0.4) is 0 Å². The molecule has 0 fully saturated rings. The number of aromatic nitrogens is 1. The third-order valence-electron chi connectivity index (χ3n) is 2.79. The second-order valence-corrected chi connectivity index (χ2v) is 4.04. The fourth-order valence-electron chi connectivity index (χ4n) is 1.86. The van der Waals surface area contributed by atoms with Crippen molar-refractivity contribution in [1.29, 1.82) is 10.8 Å². The molecule has 1 heterocycles. The van der Waals surface area contributed by atoms with Crippen molar-refractivity contribution < 1.29 is 9.66 Å². The van der Waals surface area contributed by atoms with Crippen molar-refractivity contribution in [2.45, 2.75) is 6.92 Å². The fourth-order valence-corrected chi connectivity index (χ4v) is 1.86. The van der Waals surface area contributed by atoms with Gasteiger partial charge in [0, 0.05) is 23.6 Å². The molecule has 0 aliphatic rings. The van der Waals surface area contributed by atoms with Crippen molar-refractivity contribution in [1.82, 2.24) is 4.98 Å². The number of benzene rings is 1. The molecule has 2 aromatic rings. The smallest absolute Gasteiger partial charge is 0.270 e. The second-order valence-electron chi connectivity index (χ2n) is 4.04. The van der Waals surface area contributed by atoms with Crippen molar-refractivity contribution >= 4 is 35.1 Å². The summed E-state index contributed by atoms with van der Waals surface area (Å²) in [5.74, 6) is 0.764. The highest BCUT2D eigenvalue weighted by Gasteiger charge is 2.14. The van der Waals surface area contributed by atoms with Crippen LogP contribution in [0.1, 0.15) is 6.92 Å². The molecule has 0 unspecified atom stereocenters. The van der Waals surface area contributed by atoms with Crippen LogP contribution in [0.4, 0.5) is 11.5 Å². The number of rotatable bonds is 6. The molecule has 0 aliphatic heterocycles. The number of ether oxygens (including phenoxy) is 1. The first-order chi connectivity index (χ1) is 10.1. The summed E-state index contributed by atoms with van der Waals surface area (Å²) in [4.78, 5) is 15.9. The Morgan fingerprint density at radius 3 is 2.67 bits per heavy atom. The SMILES string of the molecule is CCOc1cc(N(C=N)C=N)nc2ccc([N+](=O)[O-])cc12. The zero-order valence-electron chi connectivity index (χ0n) is 11.2. The molecule has 0 saturated carbocycles. The first kappa shape index (κ1) is 14.4. The average molecular weight is 287 g/mol. The zero-order chi connectivity index (χ0) is 15.4. The molecule has 0 bridgehead atoms. The highest BCUT2D eigenvalue weighted by atomic mass is 16.6. The summed E-state index contributed by atoms with van der Waals surface area (Å²) in [6.45, 7) is 2.19. The number of hydrogen-bond acceptors (Lipinski definition) is 6. The Balaban J connectivity index is 2.68. The van der Waals surface area contributed by atoms with Crippen molar-refractivity contribution in [3.05, 3.63) is 34.4 Å². The van der Waals surface area contributed by atoms with Crippen molar-refractivity contribution in [3.63, 3.8) is 0 Å². The molecule has 0 aliphatic carbocycles. The van der Waals surface area contributed by atoms with Crippen molar-refractivity contribution in [3.8, 4) is 5.75 Å². The summed E-state index contributed by atoms with van der Waals surface area (Å²) in [7, 11) is 0. The van der Waals surface area contributed by atoms with Gasteiger partial charge >= 0.3 is 0 Å². The van der Waals surface area contributed by atoms with Crippen LogP contribution in [0.2, 0.25) is 0 Å². The van der Waals surface area contributed by atoms with Gasteiger partial charge in [-0.05, 0) is 13.0 Å². The summed E-state index contributed by atoms with van der Waals surface area (Å²) in [5, 5.41) is 25.9. The maximum atomic E-state index is 10.9. The molecule has 0 saturated heterocycles. The van der Waals surface area contributed by atoms with E-state index in [1.807, 2.05) is 0 Å². The number of hydrogen-bond donors (Lipinski definition) is 2. The van der Waals surface area contributed by atoms with Crippen LogP contribution >= 0.6 is 0 Å². The lowest BCUT2D eigenvalue weighted by Crippen LogP contribution is -2.18. The normalized spacial score (nSPS) is 10.1. The summed E-state index contributed by atoms with van der Waals surface area (Å²) in [6, 6.07) is 5.82. The Kier molecular flexibility index (Phi) is 4.07. The Bertz CT molecular complexity index is 708. The molecular formula is C13H13N5O3. The van der Waals surface area contributed by atoms with Crippen molar-refractivity contribution in [2.24, 2.45) is 0 Å². The zero-order valence-corrected chi connectivity index (χ0v) is 11.2. The molecule has 2 rings (SSSR count). The molecule has 8 nitrogen and oxygen atoms in total. The van der Waals surface area contributed by atoms with E-state index in [1.54, 1.807) is 13.0 Å². The average Bonchev–Trinajstić information content (AvgIpc) is 2.48. The predicted molar refractivity (Wildman–Crippen MR) is 79.6 cm³/mol. The molecule has 0 spiro atoms. The highest BCUT2D eigenvalue weighted by molar-refractivity contribution is 5.99. The highest BCUT2D eigenvalue weighted by Crippen LogP contribution is 2.31. The third kappa shape index (κ3) is 2.78. The van der Waals surface area contributed by atoms with Gasteiger partial charge in [0.15, 0.2) is 0 Å². The van der Waals surface area contributed by atoms with Crippen LogP contribution in [-0.4, -0.2) is 29.2 Å². The Morgan fingerprint density at radius 2 is 2.10 bits per heavy atom. The molecule has 21 heavy (non-hydrogen) atoms. The first-order valence-electron chi connectivity index (χ1n) is 6.12. The van der Waals surface area contributed by atoms with Gasteiger partial charge in [-0.15, -0.1) is 0 Å². The van der Waals surface area contributed by atoms with Gasteiger partial charge in [0.25, 0.3) is 5.69 Å². The van der Waals surface area contributed by atoms with Gasteiger partial charge in [-0.1, -0.05) is 0 Å². The number of nitrogens with zero attached hydrogens (tertiary/aromatic N) is 3. The predicted octanol–water partition coefficient (Wildman–Crippen LogP) is 2.56. The van der Waals surface area contributed by atoms with E-state index < -0.39 is 4.92 Å². The van der Waals surface area contributed by atoms with E-state index in [4.69, 9.17) is 15.6 Å². The fraction of sp³-hybridized carbons (Fsp3) is 0.154. The lowest BCUT2D eigenvalue weighted by molar-refractivity contribution is -0.384. The first-order valence-corrected chi connectivity index (χ1v) is 6.12. The molecule has 0 atom stereocenters. The summed E-state index contributed by atoms with van der Waals surface area (Å²) in [5.41, 5.74) is 0.448. The molecule has 108 valence electrons. The van der Waals surface area contributed by atoms with Crippen LogP contribution < -0.4 is 9.64 Å². The Hall–Kier alpha value is -3.03. The quantitative estimate of drug-likeness (QED) is 0.366. The minimum atomic E-state index is -0.482. The molecule has 2 N–H and O–H groups in total. The maximum Gasteiger partial charge on any atom is 0.270 e. The van der Waals surface area contributed by atoms with E-state index in [2.05, 4.69) is 4.98 Å². The van der Waals surface area contributed by atoms with Crippen molar-refractivity contribution in [2.75, 3.05) is 11.5 Å². The van der Waals surface area contributed by atoms with Crippen LogP contribution in [0.15, 0.2) is 24.3 Å². The molecule has 8 heteroatoms. The van der Waals surface area contributed by atoms with E-state index in [0.717, 1.165) is 12.7 Å². The molecule has 1 aromatic carbocycles. The van der Waals surface area contributed by atoms with E-state index in [-0.39, 0.29) is 5.69 Å². The van der Waals surface area contributed by atoms with Gasteiger partial charge in [0.2, 0.25) is 0 Å². The van der Waals surface area contributed by atoms with Gasteiger partial charge < -0.3 is 4.74 Å². The van der Waals surface area contributed by atoms with Crippen LogP contribution in [0, 0.1) is 20.9 Å². The van der Waals surface area contributed by atoms with Gasteiger partial charge in [0.05, 0.1) is 29.7 Å². The molecule has 0 radical (unpaired) electrons. The molecular weight excluding hydrogens is 274 g/mol. The standard InChI is InChI=1S/C13H13N5O3/c1-2-21-12-6-13(17(7-14)8-15)16-11-4-3-9(18(19)20)5-10(11)12/h3-8,14-15H,2H2,1H3. The van der Waals surface area contributed by atoms with Crippen LogP contribution in [-0.2, 0) is 0 Å². The topological polar surface area (TPSA) is 116 Å². The number of non-ortho nitro benzene ring substituents is 1. The minimum Gasteiger partial charge on any atom is -0.493 e. The van der Waals surface area contributed by atoms with E-state index in [9.17, 15) is 10.1 Å².